The smallest absolute Gasteiger partial charge is 0.308 e. The number of carboxylic acids is 1. The lowest BCUT2D eigenvalue weighted by Crippen LogP contribution is -2.40. The van der Waals surface area contributed by atoms with Gasteiger partial charge in [-0.2, -0.15) is 0 Å². The zero-order chi connectivity index (χ0) is 30.7. The number of halogens is 1. The van der Waals surface area contributed by atoms with E-state index in [0.717, 1.165) is 17.7 Å². The first kappa shape index (κ1) is 36.8. The first-order valence-electron chi connectivity index (χ1n) is 12.9. The molecule has 0 fully saturated rings. The van der Waals surface area contributed by atoms with Crippen molar-refractivity contribution in [2.24, 2.45) is 0 Å². The van der Waals surface area contributed by atoms with E-state index in [0.29, 0.717) is 40.1 Å². The van der Waals surface area contributed by atoms with Crippen molar-refractivity contribution in [2.75, 3.05) is 25.2 Å². The summed E-state index contributed by atoms with van der Waals surface area (Å²) in [4.78, 5) is 31.0. The zero-order valence-corrected chi connectivity index (χ0v) is 25.5. The van der Waals surface area contributed by atoms with Crippen molar-refractivity contribution in [1.82, 2.24) is 4.98 Å². The Labute approximate surface area is 247 Å². The monoisotopic (exact) mass is 592 g/mol. The minimum Gasteiger partial charge on any atom is -0.499 e. The van der Waals surface area contributed by atoms with Crippen molar-refractivity contribution >= 4 is 40.5 Å². The molecule has 2 aromatic rings. The molecule has 1 aromatic carbocycles. The van der Waals surface area contributed by atoms with Gasteiger partial charge in [0.25, 0.3) is 5.91 Å². The van der Waals surface area contributed by atoms with Crippen LogP contribution in [-0.4, -0.2) is 53.4 Å². The Bertz CT molecular complexity index is 1110. The average molecular weight is 593 g/mol. The fraction of sp³-hybridized carbons (Fsp3) is 0.433. The number of carbonyl (C=O) groups is 2. The lowest BCUT2D eigenvalue weighted by atomic mass is 10.0. The third-order valence-corrected chi connectivity index (χ3v) is 6.61. The number of aliphatic hydroxyl groups is 1. The second-order valence-electron chi connectivity index (χ2n) is 7.94. The highest BCUT2D eigenvalue weighted by molar-refractivity contribution is 7.11. The Morgan fingerprint density at radius 1 is 1.32 bits per heavy atom. The van der Waals surface area contributed by atoms with Crippen LogP contribution in [0.3, 0.4) is 0 Å². The molecule has 220 valence electrons. The highest BCUT2D eigenvalue weighted by Gasteiger charge is 2.35. The SMILES string of the molecule is C#C.C/C=C(\CO)OC.C=CC[C@H]1O[C@H](Cc2ncc(CC(=O)O)s2)C(=O)N(CCC)c2ccc(Cl)cc21.CC. The third kappa shape index (κ3) is 11.5. The average Bonchev–Trinajstić information content (AvgIpc) is 3.36. The number of fused-ring (bicyclic) bond motifs is 1. The van der Waals surface area contributed by atoms with Crippen molar-refractivity contribution < 1.29 is 29.3 Å². The molecule has 0 saturated carbocycles. The summed E-state index contributed by atoms with van der Waals surface area (Å²) >= 11 is 7.52. The van der Waals surface area contributed by atoms with Crippen LogP contribution in [0.4, 0.5) is 5.69 Å². The van der Waals surface area contributed by atoms with Crippen molar-refractivity contribution in [3.05, 3.63) is 69.4 Å². The molecule has 2 heterocycles. The highest BCUT2D eigenvalue weighted by Crippen LogP contribution is 2.38. The van der Waals surface area contributed by atoms with E-state index in [4.69, 9.17) is 26.6 Å². The number of aliphatic carboxylic acids is 1. The normalized spacial score (nSPS) is 16.0. The summed E-state index contributed by atoms with van der Waals surface area (Å²) < 4.78 is 10.9. The molecule has 0 bridgehead atoms. The standard InChI is InChI=1S/C21H23ClN2O4S.C5H10O2.C2H6.C2H2/c1-3-5-17-15-9-13(22)6-7-16(15)24(8-4-2)21(27)18(28-17)11-19-23-12-14(29-19)10-20(25)26;1-3-5(4-6)7-2;2*1-2/h3,6-7,9,12,17-18H,1,4-5,8,10-11H2,2H3,(H,25,26);3,6H,4H2,1-2H3;1-2H3;1-2H/b;5-3+;;/t17-,18-;;;/m1.../s1. The van der Waals surface area contributed by atoms with Crippen LogP contribution < -0.4 is 4.90 Å². The van der Waals surface area contributed by atoms with Gasteiger partial charge >= 0.3 is 5.97 Å². The molecule has 8 nitrogen and oxygen atoms in total. The van der Waals surface area contributed by atoms with E-state index in [9.17, 15) is 9.59 Å². The number of aromatic nitrogens is 1. The fourth-order valence-corrected chi connectivity index (χ4v) is 4.80. The number of amides is 1. The molecule has 1 aliphatic heterocycles. The predicted octanol–water partition coefficient (Wildman–Crippen LogP) is 6.23. The fourth-order valence-electron chi connectivity index (χ4n) is 3.68. The minimum atomic E-state index is -0.908. The Balaban J connectivity index is 0.00000119. The second-order valence-corrected chi connectivity index (χ2v) is 9.58. The summed E-state index contributed by atoms with van der Waals surface area (Å²) in [6, 6.07) is 5.49. The van der Waals surface area contributed by atoms with Gasteiger partial charge in [0.15, 0.2) is 0 Å². The van der Waals surface area contributed by atoms with Crippen LogP contribution in [0.5, 0.6) is 0 Å². The number of aliphatic hydroxyl groups excluding tert-OH is 1. The molecule has 0 spiro atoms. The van der Waals surface area contributed by atoms with Crippen LogP contribution in [-0.2, 0) is 31.9 Å². The Morgan fingerprint density at radius 3 is 2.50 bits per heavy atom. The first-order valence-corrected chi connectivity index (χ1v) is 14.1. The molecular weight excluding hydrogens is 552 g/mol. The van der Waals surface area contributed by atoms with E-state index in [1.807, 2.05) is 39.8 Å². The topological polar surface area (TPSA) is 109 Å². The Kier molecular flexibility index (Phi) is 19.1. The maximum absolute atomic E-state index is 13.3. The van der Waals surface area contributed by atoms with Gasteiger partial charge in [-0.15, -0.1) is 30.8 Å². The highest BCUT2D eigenvalue weighted by atomic mass is 35.5. The molecule has 0 unspecified atom stereocenters. The number of carbonyl (C=O) groups excluding carboxylic acids is 1. The number of carboxylic acid groups (broad SMARTS) is 1. The van der Waals surface area contributed by atoms with Crippen molar-refractivity contribution in [1.29, 1.82) is 0 Å². The van der Waals surface area contributed by atoms with Gasteiger partial charge in [0, 0.05) is 40.3 Å². The molecule has 40 heavy (non-hydrogen) atoms. The van der Waals surface area contributed by atoms with Gasteiger partial charge < -0.3 is 24.6 Å². The number of hydrogen-bond donors (Lipinski definition) is 2. The maximum Gasteiger partial charge on any atom is 0.308 e. The van der Waals surface area contributed by atoms with E-state index in [2.05, 4.69) is 29.1 Å². The lowest BCUT2D eigenvalue weighted by Gasteiger charge is -2.24. The molecule has 0 radical (unpaired) electrons. The number of nitrogens with zero attached hydrogens (tertiary/aromatic N) is 2. The van der Waals surface area contributed by atoms with Crippen LogP contribution in [0.2, 0.25) is 5.02 Å². The predicted molar refractivity (Wildman–Crippen MR) is 163 cm³/mol. The largest absolute Gasteiger partial charge is 0.499 e. The van der Waals surface area contributed by atoms with Crippen LogP contribution in [0, 0.1) is 12.8 Å². The van der Waals surface area contributed by atoms with Crippen LogP contribution >= 0.6 is 22.9 Å². The molecule has 3 rings (SSSR count). The molecular formula is C30H41ClN2O6S. The van der Waals surface area contributed by atoms with Crippen LogP contribution in [0.25, 0.3) is 0 Å². The third-order valence-electron chi connectivity index (χ3n) is 5.35. The quantitative estimate of drug-likeness (QED) is 0.191. The number of thiazole rings is 1. The number of ether oxygens (including phenoxy) is 2. The summed E-state index contributed by atoms with van der Waals surface area (Å²) in [6.07, 6.45) is 13.5. The van der Waals surface area contributed by atoms with Gasteiger partial charge in [-0.25, -0.2) is 4.98 Å². The molecule has 0 aliphatic carbocycles. The van der Waals surface area contributed by atoms with E-state index >= 15 is 0 Å². The van der Waals surface area contributed by atoms with Gasteiger partial charge in [0.05, 0.1) is 24.6 Å². The number of anilines is 1. The minimum absolute atomic E-state index is 0.00694. The van der Waals surface area contributed by atoms with Crippen LogP contribution in [0.15, 0.2) is 48.9 Å². The first-order chi connectivity index (χ1) is 19.3. The number of hydrogen-bond acceptors (Lipinski definition) is 7. The van der Waals surface area contributed by atoms with E-state index in [1.165, 1.54) is 18.4 Å². The molecule has 0 saturated heterocycles. The van der Waals surface area contributed by atoms with E-state index in [1.54, 1.807) is 29.3 Å². The van der Waals surface area contributed by atoms with Gasteiger partial charge in [-0.05, 0) is 44.0 Å². The summed E-state index contributed by atoms with van der Waals surface area (Å²) in [5, 5.41) is 18.6. The Morgan fingerprint density at radius 2 is 2.00 bits per heavy atom. The summed E-state index contributed by atoms with van der Waals surface area (Å²) in [5.41, 5.74) is 1.67. The summed E-state index contributed by atoms with van der Waals surface area (Å²) in [7, 11) is 1.53. The van der Waals surface area contributed by atoms with Gasteiger partial charge in [0.2, 0.25) is 0 Å². The van der Waals surface area contributed by atoms with Crippen molar-refractivity contribution in [3.8, 4) is 12.8 Å². The molecule has 1 aliphatic rings. The van der Waals surface area contributed by atoms with E-state index < -0.39 is 12.1 Å². The number of benzene rings is 1. The molecule has 2 atom stereocenters. The number of allylic oxidation sites excluding steroid dienone is 1. The molecule has 1 aromatic heterocycles. The maximum atomic E-state index is 13.3. The second kappa shape index (κ2) is 20.7. The lowest BCUT2D eigenvalue weighted by molar-refractivity contribution is -0.136. The van der Waals surface area contributed by atoms with Crippen molar-refractivity contribution in [2.45, 2.75) is 65.6 Å². The summed E-state index contributed by atoms with van der Waals surface area (Å²) in [5.74, 6) is -0.425. The van der Waals surface area contributed by atoms with Gasteiger partial charge in [-0.3, -0.25) is 9.59 Å². The number of methoxy groups -OCH3 is 1. The molecule has 1 amide bonds. The van der Waals surface area contributed by atoms with E-state index in [-0.39, 0.29) is 25.0 Å². The summed E-state index contributed by atoms with van der Waals surface area (Å²) in [6.45, 7) is 12.2. The number of terminal acetylenes is 1. The molecule has 10 heteroatoms. The van der Waals surface area contributed by atoms with Gasteiger partial charge in [0.1, 0.15) is 18.5 Å². The Hall–Kier alpha value is -3.16. The zero-order valence-electron chi connectivity index (χ0n) is 23.9. The van der Waals surface area contributed by atoms with Gasteiger partial charge in [-0.1, -0.05) is 38.4 Å². The van der Waals surface area contributed by atoms with Crippen LogP contribution in [0.1, 0.15) is 62.1 Å². The van der Waals surface area contributed by atoms with Crippen molar-refractivity contribution in [3.63, 3.8) is 0 Å². The number of rotatable bonds is 10. The molecule has 2 N–H and O–H groups in total.